The topological polar surface area (TPSA) is 68.0 Å². The van der Waals surface area contributed by atoms with Crippen LogP contribution < -0.4 is 11.1 Å². The smallest absolute Gasteiger partial charge is 0.246 e. The lowest BCUT2D eigenvalue weighted by Gasteiger charge is -2.09. The Hall–Kier alpha value is -1.36. The van der Waals surface area contributed by atoms with Crippen LogP contribution >= 0.6 is 11.3 Å². The minimum Gasteiger partial charge on any atom is -0.382 e. The van der Waals surface area contributed by atoms with Crippen LogP contribution in [0.4, 0.5) is 0 Å². The van der Waals surface area contributed by atoms with Gasteiger partial charge in [-0.3, -0.25) is 4.79 Å². The Morgan fingerprint density at radius 1 is 1.75 bits per heavy atom. The minimum atomic E-state index is -0.360. The van der Waals surface area contributed by atoms with E-state index < -0.39 is 0 Å². The maximum Gasteiger partial charge on any atom is 0.246 e. The molecular weight excluding hydrogens is 222 g/mol. The second kappa shape index (κ2) is 6.27. The van der Waals surface area contributed by atoms with Crippen molar-refractivity contribution in [2.45, 2.75) is 32.7 Å². The molecule has 0 radical (unpaired) electrons. The van der Waals surface area contributed by atoms with Crippen LogP contribution in [0.5, 0.6) is 0 Å². The molecule has 1 atom stereocenters. The average Bonchev–Trinajstić information content (AvgIpc) is 2.76. The maximum absolute atomic E-state index is 11.1. The summed E-state index contributed by atoms with van der Waals surface area (Å²) in [7, 11) is 0. The quantitative estimate of drug-likeness (QED) is 0.746. The first-order valence-electron chi connectivity index (χ1n) is 5.29. The molecule has 0 aromatic carbocycles. The lowest BCUT2D eigenvalue weighted by molar-refractivity contribution is -0.114. The van der Waals surface area contributed by atoms with Crippen molar-refractivity contribution in [1.29, 1.82) is 0 Å². The number of nitrogens with one attached hydrogen (secondary N) is 1. The summed E-state index contributed by atoms with van der Waals surface area (Å²) in [6, 6.07) is 0.103. The van der Waals surface area contributed by atoms with Gasteiger partial charge in [0, 0.05) is 23.3 Å². The summed E-state index contributed by atoms with van der Waals surface area (Å²) in [6.45, 7) is 4.01. The Morgan fingerprint density at radius 2 is 2.50 bits per heavy atom. The number of aromatic nitrogens is 1. The van der Waals surface area contributed by atoms with Crippen LogP contribution in [-0.2, 0) is 4.79 Å². The largest absolute Gasteiger partial charge is 0.382 e. The van der Waals surface area contributed by atoms with Crippen LogP contribution in [0.1, 0.15) is 37.7 Å². The normalized spacial score (nSPS) is 13.5. The number of thiazole rings is 1. The number of carbonyl (C=O) groups is 1. The third kappa shape index (κ3) is 3.66. The molecule has 1 heterocycles. The molecular formula is C11H17N3OS. The van der Waals surface area contributed by atoms with Crippen molar-refractivity contribution >= 4 is 17.2 Å². The Kier molecular flexibility index (Phi) is 4.98. The highest BCUT2D eigenvalue weighted by Gasteiger charge is 2.07. The minimum absolute atomic E-state index is 0.103. The summed E-state index contributed by atoms with van der Waals surface area (Å²) < 4.78 is 0. The number of rotatable bonds is 6. The van der Waals surface area contributed by atoms with E-state index in [0.29, 0.717) is 12.0 Å². The lowest BCUT2D eigenvalue weighted by Crippen LogP contribution is -2.19. The van der Waals surface area contributed by atoms with Gasteiger partial charge in [0.05, 0.1) is 6.04 Å². The first-order chi connectivity index (χ1) is 7.65. The van der Waals surface area contributed by atoms with Crippen molar-refractivity contribution in [3.05, 3.63) is 28.4 Å². The monoisotopic (exact) mass is 239 g/mol. The first kappa shape index (κ1) is 12.7. The Labute approximate surface area is 99.6 Å². The van der Waals surface area contributed by atoms with E-state index >= 15 is 0 Å². The van der Waals surface area contributed by atoms with Gasteiger partial charge in [0.25, 0.3) is 0 Å². The molecule has 0 saturated heterocycles. The molecule has 3 N–H and O–H groups in total. The van der Waals surface area contributed by atoms with Crippen molar-refractivity contribution in [3.63, 3.8) is 0 Å². The second-order valence-corrected chi connectivity index (χ2v) is 4.47. The molecule has 16 heavy (non-hydrogen) atoms. The molecule has 4 nitrogen and oxygen atoms in total. The molecule has 1 unspecified atom stereocenters. The van der Waals surface area contributed by atoms with Crippen LogP contribution in [-0.4, -0.2) is 10.9 Å². The predicted molar refractivity (Wildman–Crippen MR) is 65.9 cm³/mol. The first-order valence-corrected chi connectivity index (χ1v) is 6.17. The van der Waals surface area contributed by atoms with Crippen LogP contribution in [0.2, 0.25) is 0 Å². The van der Waals surface area contributed by atoms with Crippen LogP contribution in [0.15, 0.2) is 23.3 Å². The summed E-state index contributed by atoms with van der Waals surface area (Å²) in [5.41, 5.74) is 5.90. The van der Waals surface area contributed by atoms with Crippen molar-refractivity contribution < 1.29 is 4.79 Å². The number of hydrogen-bond acceptors (Lipinski definition) is 4. The fraction of sp³-hybridized carbons (Fsp3) is 0.455. The van der Waals surface area contributed by atoms with Gasteiger partial charge in [-0.15, -0.1) is 11.3 Å². The molecule has 1 rings (SSSR count). The van der Waals surface area contributed by atoms with E-state index in [1.807, 2.05) is 19.2 Å². The van der Waals surface area contributed by atoms with Gasteiger partial charge in [-0.25, -0.2) is 4.98 Å². The van der Waals surface area contributed by atoms with Gasteiger partial charge in [0.1, 0.15) is 5.01 Å². The highest BCUT2D eigenvalue weighted by Crippen LogP contribution is 2.15. The van der Waals surface area contributed by atoms with Crippen LogP contribution in [0.3, 0.4) is 0 Å². The molecule has 1 aromatic heterocycles. The Bertz CT molecular complexity index is 359. The molecule has 88 valence electrons. The molecule has 0 bridgehead atoms. The second-order valence-electron chi connectivity index (χ2n) is 3.54. The van der Waals surface area contributed by atoms with Crippen molar-refractivity contribution in [3.8, 4) is 0 Å². The third-order valence-corrected chi connectivity index (χ3v) is 3.12. The molecule has 0 spiro atoms. The van der Waals surface area contributed by atoms with E-state index in [-0.39, 0.29) is 11.9 Å². The third-order valence-electron chi connectivity index (χ3n) is 2.17. The number of hydrogen-bond donors (Lipinski definition) is 2. The van der Waals surface area contributed by atoms with Crippen molar-refractivity contribution in [2.24, 2.45) is 5.73 Å². The fourth-order valence-electron chi connectivity index (χ4n) is 1.28. The fourth-order valence-corrected chi connectivity index (χ4v) is 1.94. The SMILES string of the molecule is CCCC(=CNC(C)c1nccs1)C(N)=O. The van der Waals surface area contributed by atoms with E-state index in [9.17, 15) is 4.79 Å². The highest BCUT2D eigenvalue weighted by atomic mass is 32.1. The number of primary amides is 1. The summed E-state index contributed by atoms with van der Waals surface area (Å²) in [5, 5.41) is 6.06. The van der Waals surface area contributed by atoms with E-state index in [0.717, 1.165) is 11.4 Å². The van der Waals surface area contributed by atoms with Gasteiger partial charge in [-0.05, 0) is 13.3 Å². The Morgan fingerprint density at radius 3 is 3.00 bits per heavy atom. The number of carbonyl (C=O) groups excluding carboxylic acids is 1. The van der Waals surface area contributed by atoms with Crippen molar-refractivity contribution in [1.82, 2.24) is 10.3 Å². The van der Waals surface area contributed by atoms with Gasteiger partial charge >= 0.3 is 0 Å². The van der Waals surface area contributed by atoms with Gasteiger partial charge in [-0.2, -0.15) is 0 Å². The molecule has 0 fully saturated rings. The summed E-state index contributed by atoms with van der Waals surface area (Å²) in [5.74, 6) is -0.360. The summed E-state index contributed by atoms with van der Waals surface area (Å²) in [4.78, 5) is 15.3. The van der Waals surface area contributed by atoms with E-state index in [4.69, 9.17) is 5.73 Å². The number of nitrogens with zero attached hydrogens (tertiary/aromatic N) is 1. The zero-order chi connectivity index (χ0) is 12.0. The van der Waals surface area contributed by atoms with E-state index in [1.165, 1.54) is 0 Å². The number of amides is 1. The van der Waals surface area contributed by atoms with Gasteiger partial charge < -0.3 is 11.1 Å². The molecule has 1 amide bonds. The predicted octanol–water partition coefficient (Wildman–Crippen LogP) is 1.96. The van der Waals surface area contributed by atoms with Crippen LogP contribution in [0.25, 0.3) is 0 Å². The van der Waals surface area contributed by atoms with Gasteiger partial charge in [-0.1, -0.05) is 13.3 Å². The van der Waals surface area contributed by atoms with Gasteiger partial charge in [0.15, 0.2) is 0 Å². The summed E-state index contributed by atoms with van der Waals surface area (Å²) in [6.07, 6.45) is 5.08. The molecule has 0 saturated carbocycles. The van der Waals surface area contributed by atoms with Gasteiger partial charge in [0.2, 0.25) is 5.91 Å². The molecule has 0 aliphatic heterocycles. The molecule has 0 aliphatic rings. The van der Waals surface area contributed by atoms with E-state index in [1.54, 1.807) is 23.7 Å². The Balaban J connectivity index is 2.59. The molecule has 0 aliphatic carbocycles. The number of nitrogens with two attached hydrogens (primary N) is 1. The zero-order valence-electron chi connectivity index (χ0n) is 9.56. The van der Waals surface area contributed by atoms with E-state index in [2.05, 4.69) is 10.3 Å². The zero-order valence-corrected chi connectivity index (χ0v) is 10.4. The average molecular weight is 239 g/mol. The van der Waals surface area contributed by atoms with Crippen LogP contribution in [0, 0.1) is 0 Å². The lowest BCUT2D eigenvalue weighted by atomic mass is 10.1. The summed E-state index contributed by atoms with van der Waals surface area (Å²) >= 11 is 1.59. The standard InChI is InChI=1S/C11H17N3OS/c1-3-4-9(10(12)15)7-14-8(2)11-13-5-6-16-11/h5-8,14H,3-4H2,1-2H3,(H2,12,15). The highest BCUT2D eigenvalue weighted by molar-refractivity contribution is 7.09. The van der Waals surface area contributed by atoms with Crippen molar-refractivity contribution in [2.75, 3.05) is 0 Å². The maximum atomic E-state index is 11.1. The molecule has 1 aromatic rings. The molecule has 5 heteroatoms.